The molecule has 4 atom stereocenters. The molecule has 12 heavy (non-hydrogen) atoms. The molecule has 1 aliphatic carbocycles. The summed E-state index contributed by atoms with van der Waals surface area (Å²) in [5, 5.41) is 9.33. The second-order valence-corrected chi connectivity index (χ2v) is 3.96. The maximum absolute atomic E-state index is 11.1. The monoisotopic (exact) mass is 169 g/mol. The molecule has 1 saturated carbocycles. The van der Waals surface area contributed by atoms with Crippen LogP contribution in [0.15, 0.2) is 0 Å². The van der Waals surface area contributed by atoms with E-state index in [1.807, 2.05) is 4.90 Å². The van der Waals surface area contributed by atoms with Crippen LogP contribution in [-0.2, 0) is 4.79 Å². The summed E-state index contributed by atoms with van der Waals surface area (Å²) in [6, 6.07) is 0.389. The molecular weight excluding hydrogens is 154 g/mol. The van der Waals surface area contributed by atoms with Crippen LogP contribution in [0.2, 0.25) is 0 Å². The number of hydrogen-bond acceptors (Lipinski definition) is 3. The number of hydrogen-bond donors (Lipinski definition) is 1. The summed E-state index contributed by atoms with van der Waals surface area (Å²) in [6.07, 6.45) is 2.01. The molecule has 2 fully saturated rings. The van der Waals surface area contributed by atoms with Crippen molar-refractivity contribution >= 4 is 5.78 Å². The van der Waals surface area contributed by atoms with Gasteiger partial charge in [0.1, 0.15) is 12.0 Å². The van der Waals surface area contributed by atoms with Crippen LogP contribution in [0.5, 0.6) is 0 Å². The molecule has 0 radical (unpaired) electrons. The minimum Gasteiger partial charge on any atom is -0.379 e. The standard InChI is InChI=1S/C9H15NO2/c1-5(11)8-9(7-3-4-7)10(8)6(2)12/h6-9,12H,3-4H2,1-2H3/t6?,8-,9-,10?/m0/s1. The molecule has 68 valence electrons. The Morgan fingerprint density at radius 2 is 2.17 bits per heavy atom. The lowest BCUT2D eigenvalue weighted by atomic mass is 10.2. The first-order chi connectivity index (χ1) is 5.63. The predicted octanol–water partition coefficient (Wildman–Crippen LogP) is 0.376. The highest BCUT2D eigenvalue weighted by atomic mass is 16.3. The van der Waals surface area contributed by atoms with Gasteiger partial charge in [-0.2, -0.15) is 0 Å². The number of rotatable bonds is 3. The van der Waals surface area contributed by atoms with Crippen LogP contribution in [0.4, 0.5) is 0 Å². The van der Waals surface area contributed by atoms with Crippen molar-refractivity contribution in [3.05, 3.63) is 0 Å². The van der Waals surface area contributed by atoms with Gasteiger partial charge in [0.2, 0.25) is 0 Å². The number of aliphatic hydroxyl groups excluding tert-OH is 1. The van der Waals surface area contributed by atoms with Crippen molar-refractivity contribution in [1.82, 2.24) is 4.90 Å². The van der Waals surface area contributed by atoms with Gasteiger partial charge in [0, 0.05) is 6.04 Å². The van der Waals surface area contributed by atoms with Crippen molar-refractivity contribution in [2.24, 2.45) is 5.92 Å². The molecule has 1 heterocycles. The van der Waals surface area contributed by atoms with E-state index in [1.165, 1.54) is 12.8 Å². The van der Waals surface area contributed by atoms with Gasteiger partial charge in [0.25, 0.3) is 0 Å². The number of ketones is 1. The van der Waals surface area contributed by atoms with Crippen molar-refractivity contribution in [3.63, 3.8) is 0 Å². The van der Waals surface area contributed by atoms with Gasteiger partial charge in [-0.15, -0.1) is 0 Å². The van der Waals surface area contributed by atoms with Gasteiger partial charge in [-0.05, 0) is 32.6 Å². The summed E-state index contributed by atoms with van der Waals surface area (Å²) >= 11 is 0. The van der Waals surface area contributed by atoms with Gasteiger partial charge in [-0.1, -0.05) is 0 Å². The highest BCUT2D eigenvalue weighted by Crippen LogP contribution is 2.47. The van der Waals surface area contributed by atoms with Crippen LogP contribution in [0.3, 0.4) is 0 Å². The largest absolute Gasteiger partial charge is 0.379 e. The van der Waals surface area contributed by atoms with E-state index in [4.69, 9.17) is 0 Å². The molecule has 0 bridgehead atoms. The highest BCUT2D eigenvalue weighted by Gasteiger charge is 2.58. The number of Topliss-reactive ketones (excluding diaryl/α,β-unsaturated/α-hetero) is 1. The van der Waals surface area contributed by atoms with E-state index in [9.17, 15) is 9.90 Å². The zero-order valence-corrected chi connectivity index (χ0v) is 7.53. The van der Waals surface area contributed by atoms with Gasteiger partial charge in [-0.25, -0.2) is 0 Å². The van der Waals surface area contributed by atoms with Crippen LogP contribution in [0.1, 0.15) is 26.7 Å². The Kier molecular flexibility index (Phi) is 1.73. The van der Waals surface area contributed by atoms with E-state index in [-0.39, 0.29) is 11.8 Å². The van der Waals surface area contributed by atoms with E-state index < -0.39 is 6.23 Å². The number of carbonyl (C=O) groups is 1. The maximum atomic E-state index is 11.1. The lowest BCUT2D eigenvalue weighted by Crippen LogP contribution is -2.19. The average molecular weight is 169 g/mol. The summed E-state index contributed by atoms with van der Waals surface area (Å²) in [7, 11) is 0. The molecular formula is C9H15NO2. The van der Waals surface area contributed by atoms with Crippen LogP contribution < -0.4 is 0 Å². The first-order valence-corrected chi connectivity index (χ1v) is 4.59. The minimum atomic E-state index is -0.454. The van der Waals surface area contributed by atoms with E-state index in [1.54, 1.807) is 13.8 Å². The van der Waals surface area contributed by atoms with Gasteiger partial charge in [-0.3, -0.25) is 9.69 Å². The van der Waals surface area contributed by atoms with E-state index in [0.29, 0.717) is 12.0 Å². The van der Waals surface area contributed by atoms with Gasteiger partial charge in [0.15, 0.2) is 0 Å². The minimum absolute atomic E-state index is 0.0255. The van der Waals surface area contributed by atoms with Crippen molar-refractivity contribution in [2.75, 3.05) is 0 Å². The van der Waals surface area contributed by atoms with E-state index in [0.717, 1.165) is 0 Å². The molecule has 0 aromatic carbocycles. The predicted molar refractivity (Wildman–Crippen MR) is 44.5 cm³/mol. The van der Waals surface area contributed by atoms with Crippen LogP contribution in [-0.4, -0.2) is 34.1 Å². The normalized spacial score (nSPS) is 42.4. The fraction of sp³-hybridized carbons (Fsp3) is 0.889. The second kappa shape index (κ2) is 2.54. The number of nitrogens with zero attached hydrogens (tertiary/aromatic N) is 1. The molecule has 3 nitrogen and oxygen atoms in total. The number of aliphatic hydroxyl groups is 1. The molecule has 2 rings (SSSR count). The summed E-state index contributed by atoms with van der Waals surface area (Å²) in [6.45, 7) is 3.35. The quantitative estimate of drug-likeness (QED) is 0.621. The molecule has 1 N–H and O–H groups in total. The van der Waals surface area contributed by atoms with Gasteiger partial charge >= 0.3 is 0 Å². The molecule has 1 saturated heterocycles. The summed E-state index contributed by atoms with van der Waals surface area (Å²) in [4.78, 5) is 13.0. The Balaban J connectivity index is 2.00. The first-order valence-electron chi connectivity index (χ1n) is 4.59. The lowest BCUT2D eigenvalue weighted by molar-refractivity contribution is -0.118. The van der Waals surface area contributed by atoms with Gasteiger partial charge in [0.05, 0.1) is 6.04 Å². The molecule has 0 spiro atoms. The zero-order chi connectivity index (χ0) is 8.88. The SMILES string of the molecule is CC(=O)[C@H]1[C@H](C2CC2)N1C(C)O. The third-order valence-corrected chi connectivity index (χ3v) is 2.85. The van der Waals surface area contributed by atoms with Crippen molar-refractivity contribution in [2.45, 2.75) is 45.0 Å². The molecule has 1 aliphatic heterocycles. The summed E-state index contributed by atoms with van der Waals surface area (Å²) < 4.78 is 0. The van der Waals surface area contributed by atoms with Crippen LogP contribution in [0, 0.1) is 5.92 Å². The Morgan fingerprint density at radius 1 is 1.58 bits per heavy atom. The Labute approximate surface area is 72.4 Å². The highest BCUT2D eigenvalue weighted by molar-refractivity contribution is 5.85. The molecule has 3 heteroatoms. The fourth-order valence-electron chi connectivity index (χ4n) is 2.14. The van der Waals surface area contributed by atoms with E-state index >= 15 is 0 Å². The first kappa shape index (κ1) is 8.20. The molecule has 0 amide bonds. The lowest BCUT2D eigenvalue weighted by Gasteiger charge is -2.05. The molecule has 2 aliphatic rings. The third-order valence-electron chi connectivity index (χ3n) is 2.85. The third kappa shape index (κ3) is 1.17. The zero-order valence-electron chi connectivity index (χ0n) is 7.53. The van der Waals surface area contributed by atoms with Crippen molar-refractivity contribution in [1.29, 1.82) is 0 Å². The summed E-state index contributed by atoms with van der Waals surface area (Å²) in [5.41, 5.74) is 0. The molecule has 0 aromatic rings. The smallest absolute Gasteiger partial charge is 0.148 e. The van der Waals surface area contributed by atoms with Crippen LogP contribution in [0.25, 0.3) is 0 Å². The Morgan fingerprint density at radius 3 is 2.42 bits per heavy atom. The summed E-state index contributed by atoms with van der Waals surface area (Å²) in [5.74, 6) is 0.890. The van der Waals surface area contributed by atoms with E-state index in [2.05, 4.69) is 0 Å². The Bertz CT molecular complexity index is 203. The maximum Gasteiger partial charge on any atom is 0.148 e. The second-order valence-electron chi connectivity index (χ2n) is 3.96. The fourth-order valence-corrected chi connectivity index (χ4v) is 2.14. The van der Waals surface area contributed by atoms with Crippen molar-refractivity contribution < 1.29 is 9.90 Å². The number of carbonyl (C=O) groups excluding carboxylic acids is 1. The average Bonchev–Trinajstić information content (AvgIpc) is 2.81. The Hall–Kier alpha value is -0.410. The molecule has 0 aromatic heterocycles. The van der Waals surface area contributed by atoms with Crippen molar-refractivity contribution in [3.8, 4) is 0 Å². The van der Waals surface area contributed by atoms with Crippen LogP contribution >= 0.6 is 0 Å². The van der Waals surface area contributed by atoms with Gasteiger partial charge < -0.3 is 5.11 Å². The topological polar surface area (TPSA) is 40.3 Å². The molecule has 2 unspecified atom stereocenters.